The molecule has 0 spiro atoms. The summed E-state index contributed by atoms with van der Waals surface area (Å²) in [6.07, 6.45) is 14.9. The summed E-state index contributed by atoms with van der Waals surface area (Å²) in [5, 5.41) is 0. The first-order valence-electron chi connectivity index (χ1n) is 8.51. The Labute approximate surface area is 145 Å². The normalized spacial score (nSPS) is 20.6. The first-order valence-corrected chi connectivity index (χ1v) is 8.51. The van der Waals surface area contributed by atoms with E-state index in [4.69, 9.17) is 0 Å². The minimum Gasteiger partial charge on any atom is -0.351 e. The van der Waals surface area contributed by atoms with Crippen molar-refractivity contribution in [2.75, 3.05) is 14.1 Å². The molecule has 0 aromatic heterocycles. The molecular formula is C22H27N2+. The number of benzene rings is 1. The molecule has 0 atom stereocenters. The zero-order valence-electron chi connectivity index (χ0n) is 15.6. The summed E-state index contributed by atoms with van der Waals surface area (Å²) in [4.78, 5) is 2.12. The molecule has 24 heavy (non-hydrogen) atoms. The summed E-state index contributed by atoms with van der Waals surface area (Å²) >= 11 is 0. The maximum absolute atomic E-state index is 2.35. The van der Waals surface area contributed by atoms with E-state index in [1.165, 1.54) is 33.8 Å². The van der Waals surface area contributed by atoms with Gasteiger partial charge in [0, 0.05) is 36.7 Å². The smallest absolute Gasteiger partial charge is 0.209 e. The van der Waals surface area contributed by atoms with Gasteiger partial charge in [0.1, 0.15) is 7.05 Å². The van der Waals surface area contributed by atoms with Crippen LogP contribution < -0.4 is 0 Å². The van der Waals surface area contributed by atoms with Crippen LogP contribution in [-0.2, 0) is 5.41 Å². The van der Waals surface area contributed by atoms with Gasteiger partial charge in [-0.05, 0) is 63.1 Å². The Morgan fingerprint density at radius 1 is 1.08 bits per heavy atom. The van der Waals surface area contributed by atoms with Crippen molar-refractivity contribution in [2.24, 2.45) is 0 Å². The number of hydrogen-bond acceptors (Lipinski definition) is 1. The summed E-state index contributed by atoms with van der Waals surface area (Å²) in [5.41, 5.74) is 8.00. The molecule has 2 heterocycles. The van der Waals surface area contributed by atoms with E-state index in [9.17, 15) is 0 Å². The fourth-order valence-electron chi connectivity index (χ4n) is 3.53. The first-order chi connectivity index (χ1) is 11.3. The summed E-state index contributed by atoms with van der Waals surface area (Å²) < 4.78 is 2.33. The lowest BCUT2D eigenvalue weighted by molar-refractivity contribution is -0.401. The molecule has 0 radical (unpaired) electrons. The lowest BCUT2D eigenvalue weighted by Gasteiger charge is -2.17. The predicted octanol–water partition coefficient (Wildman–Crippen LogP) is 4.76. The van der Waals surface area contributed by atoms with Crippen LogP contribution in [0.4, 0.5) is 5.69 Å². The number of allylic oxidation sites excluding steroid dienone is 6. The average molecular weight is 319 g/mol. The van der Waals surface area contributed by atoms with E-state index in [1.54, 1.807) is 0 Å². The lowest BCUT2D eigenvalue weighted by atomic mass is 9.80. The predicted molar refractivity (Wildman–Crippen MR) is 103 cm³/mol. The molecule has 1 aromatic carbocycles. The van der Waals surface area contributed by atoms with E-state index in [0.717, 1.165) is 0 Å². The maximum atomic E-state index is 2.35. The minimum atomic E-state index is 0.0196. The first kappa shape index (κ1) is 16.5. The summed E-state index contributed by atoms with van der Waals surface area (Å²) in [5.74, 6) is 0. The van der Waals surface area contributed by atoms with Crippen LogP contribution in [0.3, 0.4) is 0 Å². The molecule has 0 amide bonds. The highest BCUT2D eigenvalue weighted by Crippen LogP contribution is 2.40. The number of likely N-dealkylation sites (N-methyl/N-ethyl adjacent to an activating group) is 1. The summed E-state index contributed by atoms with van der Waals surface area (Å²) in [7, 11) is 4.24. The topological polar surface area (TPSA) is 6.25 Å². The van der Waals surface area contributed by atoms with Crippen LogP contribution in [-0.4, -0.2) is 29.3 Å². The van der Waals surface area contributed by atoms with Crippen molar-refractivity contribution >= 4 is 11.4 Å². The van der Waals surface area contributed by atoms with Gasteiger partial charge in [0.2, 0.25) is 5.69 Å². The molecule has 0 bridgehead atoms. The molecule has 0 saturated carbocycles. The number of fused-ring (bicyclic) bond motifs is 1. The second-order valence-electron chi connectivity index (χ2n) is 7.29. The highest BCUT2D eigenvalue weighted by atomic mass is 15.1. The highest BCUT2D eigenvalue weighted by molar-refractivity contribution is 6.03. The molecule has 1 aromatic rings. The molecular weight excluding hydrogens is 292 g/mol. The second-order valence-corrected chi connectivity index (χ2v) is 7.29. The SMILES string of the molecule is Cc1cc2c(cc1C)C(C)(C)C(/C=C/C=C1\C=CC=CN1C)=[N+]2C. The van der Waals surface area contributed by atoms with E-state index in [2.05, 4.69) is 100.0 Å². The van der Waals surface area contributed by atoms with Crippen molar-refractivity contribution in [3.63, 3.8) is 0 Å². The van der Waals surface area contributed by atoms with E-state index in [-0.39, 0.29) is 5.41 Å². The number of aryl methyl sites for hydroxylation is 2. The number of hydrogen-bond donors (Lipinski definition) is 0. The molecule has 0 saturated heterocycles. The van der Waals surface area contributed by atoms with Crippen LogP contribution >= 0.6 is 0 Å². The van der Waals surface area contributed by atoms with Gasteiger partial charge in [-0.2, -0.15) is 4.58 Å². The third-order valence-corrected chi connectivity index (χ3v) is 5.26. The van der Waals surface area contributed by atoms with E-state index in [0.29, 0.717) is 0 Å². The Balaban J connectivity index is 1.97. The number of rotatable bonds is 2. The largest absolute Gasteiger partial charge is 0.351 e. The fraction of sp³-hybridized carbons (Fsp3) is 0.318. The Bertz CT molecular complexity index is 830. The van der Waals surface area contributed by atoms with Crippen molar-refractivity contribution in [1.29, 1.82) is 0 Å². The molecule has 3 rings (SSSR count). The van der Waals surface area contributed by atoms with Crippen molar-refractivity contribution in [3.05, 3.63) is 77.2 Å². The van der Waals surface area contributed by atoms with Crippen molar-refractivity contribution < 1.29 is 4.58 Å². The minimum absolute atomic E-state index is 0.0196. The Morgan fingerprint density at radius 2 is 1.79 bits per heavy atom. The van der Waals surface area contributed by atoms with Crippen molar-refractivity contribution in [2.45, 2.75) is 33.1 Å². The van der Waals surface area contributed by atoms with E-state index in [1.807, 2.05) is 6.08 Å². The Kier molecular flexibility index (Phi) is 4.08. The van der Waals surface area contributed by atoms with Gasteiger partial charge in [0.25, 0.3) is 0 Å². The van der Waals surface area contributed by atoms with Crippen LogP contribution in [0.1, 0.15) is 30.5 Å². The number of nitrogens with zero attached hydrogens (tertiary/aromatic N) is 2. The quantitative estimate of drug-likeness (QED) is 0.712. The van der Waals surface area contributed by atoms with Crippen LogP contribution in [0, 0.1) is 13.8 Å². The zero-order chi connectivity index (χ0) is 17.5. The average Bonchev–Trinajstić information content (AvgIpc) is 2.70. The van der Waals surface area contributed by atoms with Gasteiger partial charge in [-0.25, -0.2) is 0 Å². The molecule has 0 fully saturated rings. The second kappa shape index (κ2) is 5.94. The fourth-order valence-corrected chi connectivity index (χ4v) is 3.53. The lowest BCUT2D eigenvalue weighted by Crippen LogP contribution is -2.26. The van der Waals surface area contributed by atoms with Crippen LogP contribution in [0.25, 0.3) is 0 Å². The van der Waals surface area contributed by atoms with Crippen LogP contribution in [0.5, 0.6) is 0 Å². The van der Waals surface area contributed by atoms with Gasteiger partial charge < -0.3 is 4.90 Å². The van der Waals surface area contributed by atoms with Gasteiger partial charge in [-0.1, -0.05) is 12.2 Å². The highest BCUT2D eigenvalue weighted by Gasteiger charge is 2.43. The third-order valence-electron chi connectivity index (χ3n) is 5.26. The molecule has 2 aliphatic heterocycles. The standard InChI is InChI=1S/C22H27N2/c1-16-14-19-20(15-17(16)2)24(6)21(22(19,3)4)12-9-11-18-10-7-8-13-23(18)5/h7-15H,1-6H3/q+1. The molecule has 2 heteroatoms. The van der Waals surface area contributed by atoms with Gasteiger partial charge in [0.15, 0.2) is 5.71 Å². The Morgan fingerprint density at radius 3 is 2.50 bits per heavy atom. The molecule has 2 aliphatic rings. The van der Waals surface area contributed by atoms with E-state index >= 15 is 0 Å². The Hall–Kier alpha value is -2.35. The van der Waals surface area contributed by atoms with E-state index < -0.39 is 0 Å². The maximum Gasteiger partial charge on any atom is 0.209 e. The summed E-state index contributed by atoms with van der Waals surface area (Å²) in [6.45, 7) is 9.01. The van der Waals surface area contributed by atoms with Crippen LogP contribution in [0.2, 0.25) is 0 Å². The third kappa shape index (κ3) is 2.66. The van der Waals surface area contributed by atoms with Gasteiger partial charge in [-0.15, -0.1) is 0 Å². The molecule has 124 valence electrons. The van der Waals surface area contributed by atoms with Gasteiger partial charge in [-0.3, -0.25) is 0 Å². The molecule has 2 nitrogen and oxygen atoms in total. The van der Waals surface area contributed by atoms with Gasteiger partial charge >= 0.3 is 0 Å². The van der Waals surface area contributed by atoms with Crippen molar-refractivity contribution in [1.82, 2.24) is 4.90 Å². The molecule has 0 N–H and O–H groups in total. The monoisotopic (exact) mass is 319 g/mol. The summed E-state index contributed by atoms with van der Waals surface area (Å²) in [6, 6.07) is 4.66. The molecule has 0 unspecified atom stereocenters. The zero-order valence-corrected chi connectivity index (χ0v) is 15.6. The molecule has 0 aliphatic carbocycles. The van der Waals surface area contributed by atoms with Gasteiger partial charge in [0.05, 0.1) is 5.41 Å². The van der Waals surface area contributed by atoms with Crippen molar-refractivity contribution in [3.8, 4) is 0 Å². The van der Waals surface area contributed by atoms with Crippen LogP contribution in [0.15, 0.2) is 60.5 Å².